The summed E-state index contributed by atoms with van der Waals surface area (Å²) in [5.41, 5.74) is 1.19. The second-order valence-electron chi connectivity index (χ2n) is 5.37. The van der Waals surface area contributed by atoms with Crippen molar-refractivity contribution in [2.45, 2.75) is 24.9 Å². The maximum absolute atomic E-state index is 5.65. The summed E-state index contributed by atoms with van der Waals surface area (Å²) >= 11 is 0. The first kappa shape index (κ1) is 12.1. The van der Waals surface area contributed by atoms with Crippen LogP contribution in [0.4, 0.5) is 0 Å². The molecule has 1 aromatic heterocycles. The lowest BCUT2D eigenvalue weighted by Gasteiger charge is -2.43. The van der Waals surface area contributed by atoms with Crippen LogP contribution in [0.1, 0.15) is 24.6 Å². The number of rotatable bonds is 2. The number of aromatic amines is 1. The number of morpholine rings is 1. The molecule has 0 amide bonds. The van der Waals surface area contributed by atoms with Crippen LogP contribution in [-0.4, -0.2) is 65.9 Å². The molecule has 2 saturated heterocycles. The third kappa shape index (κ3) is 2.43. The van der Waals surface area contributed by atoms with Crippen LogP contribution in [0.3, 0.4) is 0 Å². The zero-order valence-electron chi connectivity index (χ0n) is 11.0. The highest BCUT2D eigenvalue weighted by Gasteiger charge is 2.32. The average Bonchev–Trinajstić information content (AvgIpc) is 2.93. The van der Waals surface area contributed by atoms with Crippen molar-refractivity contribution in [2.24, 2.45) is 0 Å². The summed E-state index contributed by atoms with van der Waals surface area (Å²) in [4.78, 5) is 5.03. The second kappa shape index (κ2) is 5.38. The van der Waals surface area contributed by atoms with Crippen LogP contribution in [0.2, 0.25) is 0 Å². The van der Waals surface area contributed by atoms with Gasteiger partial charge in [0, 0.05) is 18.8 Å². The second-order valence-corrected chi connectivity index (χ2v) is 5.37. The fourth-order valence-electron chi connectivity index (χ4n) is 3.10. The molecule has 0 radical (unpaired) electrons. The first-order valence-corrected chi connectivity index (χ1v) is 6.86. The largest absolute Gasteiger partial charge is 0.378 e. The normalized spacial score (nSPS) is 28.6. The molecule has 5 nitrogen and oxygen atoms in total. The van der Waals surface area contributed by atoms with Crippen molar-refractivity contribution in [1.82, 2.24) is 20.0 Å². The SMILES string of the molecule is CN1CCC(N2CCOCC2c2ccn[nH]2)CC1. The third-order valence-corrected chi connectivity index (χ3v) is 4.21. The molecule has 2 aliphatic heterocycles. The predicted octanol–water partition coefficient (Wildman–Crippen LogP) is 0.877. The minimum atomic E-state index is 0.356. The van der Waals surface area contributed by atoms with E-state index in [-0.39, 0.29) is 0 Å². The van der Waals surface area contributed by atoms with E-state index >= 15 is 0 Å². The summed E-state index contributed by atoms with van der Waals surface area (Å²) in [6.07, 6.45) is 4.36. The molecule has 0 saturated carbocycles. The first-order chi connectivity index (χ1) is 8.84. The molecule has 1 unspecified atom stereocenters. The number of hydrogen-bond acceptors (Lipinski definition) is 4. The number of aromatic nitrogens is 2. The molecule has 0 aliphatic carbocycles. The van der Waals surface area contributed by atoms with Crippen LogP contribution in [0.15, 0.2) is 12.3 Å². The van der Waals surface area contributed by atoms with E-state index in [2.05, 4.69) is 33.1 Å². The van der Waals surface area contributed by atoms with Gasteiger partial charge in [0.2, 0.25) is 0 Å². The van der Waals surface area contributed by atoms with E-state index < -0.39 is 0 Å². The van der Waals surface area contributed by atoms with Gasteiger partial charge in [0.25, 0.3) is 0 Å². The summed E-state index contributed by atoms with van der Waals surface area (Å²) in [5.74, 6) is 0. The zero-order chi connectivity index (χ0) is 12.4. The van der Waals surface area contributed by atoms with Crippen molar-refractivity contribution in [3.8, 4) is 0 Å². The molecule has 18 heavy (non-hydrogen) atoms. The number of piperidine rings is 1. The Labute approximate surface area is 108 Å². The highest BCUT2D eigenvalue weighted by atomic mass is 16.5. The van der Waals surface area contributed by atoms with Crippen LogP contribution in [0, 0.1) is 0 Å². The van der Waals surface area contributed by atoms with Gasteiger partial charge < -0.3 is 9.64 Å². The van der Waals surface area contributed by atoms with Gasteiger partial charge in [-0.3, -0.25) is 10.00 Å². The zero-order valence-corrected chi connectivity index (χ0v) is 11.0. The maximum atomic E-state index is 5.65. The maximum Gasteiger partial charge on any atom is 0.0755 e. The minimum Gasteiger partial charge on any atom is -0.378 e. The Morgan fingerprint density at radius 1 is 1.33 bits per heavy atom. The molecule has 100 valence electrons. The van der Waals surface area contributed by atoms with Gasteiger partial charge in [0.1, 0.15) is 0 Å². The van der Waals surface area contributed by atoms with Crippen molar-refractivity contribution in [3.05, 3.63) is 18.0 Å². The highest BCUT2D eigenvalue weighted by molar-refractivity contribution is 5.07. The smallest absolute Gasteiger partial charge is 0.0755 e. The summed E-state index contributed by atoms with van der Waals surface area (Å²) in [6, 6.07) is 3.12. The quantitative estimate of drug-likeness (QED) is 0.846. The van der Waals surface area contributed by atoms with Crippen molar-refractivity contribution in [2.75, 3.05) is 39.9 Å². The number of nitrogens with one attached hydrogen (secondary N) is 1. The summed E-state index contributed by atoms with van der Waals surface area (Å²) < 4.78 is 5.65. The fourth-order valence-corrected chi connectivity index (χ4v) is 3.10. The van der Waals surface area contributed by atoms with E-state index in [1.807, 2.05) is 6.20 Å². The van der Waals surface area contributed by atoms with Crippen LogP contribution >= 0.6 is 0 Å². The van der Waals surface area contributed by atoms with Gasteiger partial charge in [0.05, 0.1) is 24.9 Å². The van der Waals surface area contributed by atoms with E-state index in [0.29, 0.717) is 12.1 Å². The predicted molar refractivity (Wildman–Crippen MR) is 69.4 cm³/mol. The Kier molecular flexibility index (Phi) is 3.63. The van der Waals surface area contributed by atoms with Crippen molar-refractivity contribution >= 4 is 0 Å². The third-order valence-electron chi connectivity index (χ3n) is 4.21. The van der Waals surface area contributed by atoms with Crippen molar-refractivity contribution in [3.63, 3.8) is 0 Å². The molecule has 2 fully saturated rings. The highest BCUT2D eigenvalue weighted by Crippen LogP contribution is 2.28. The van der Waals surface area contributed by atoms with Crippen molar-refractivity contribution < 1.29 is 4.74 Å². The number of H-pyrrole nitrogens is 1. The van der Waals surface area contributed by atoms with Gasteiger partial charge in [0.15, 0.2) is 0 Å². The van der Waals surface area contributed by atoms with Crippen LogP contribution in [-0.2, 0) is 4.74 Å². The molecule has 0 aromatic carbocycles. The van der Waals surface area contributed by atoms with E-state index in [1.54, 1.807) is 0 Å². The molecule has 1 aromatic rings. The molecular weight excluding hydrogens is 228 g/mol. The fraction of sp³-hybridized carbons (Fsp3) is 0.769. The van der Waals surface area contributed by atoms with Gasteiger partial charge >= 0.3 is 0 Å². The molecule has 3 rings (SSSR count). The summed E-state index contributed by atoms with van der Waals surface area (Å²) in [7, 11) is 2.21. The lowest BCUT2D eigenvalue weighted by atomic mass is 10.00. The van der Waals surface area contributed by atoms with Crippen molar-refractivity contribution in [1.29, 1.82) is 0 Å². The van der Waals surface area contributed by atoms with Gasteiger partial charge in [-0.05, 0) is 39.0 Å². The number of likely N-dealkylation sites (tertiary alicyclic amines) is 1. The Hall–Kier alpha value is -0.910. The monoisotopic (exact) mass is 250 g/mol. The molecule has 1 atom stereocenters. The first-order valence-electron chi connectivity index (χ1n) is 6.86. The van der Waals surface area contributed by atoms with Crippen LogP contribution in [0.5, 0.6) is 0 Å². The molecule has 5 heteroatoms. The average molecular weight is 250 g/mol. The van der Waals surface area contributed by atoms with E-state index in [1.165, 1.54) is 31.6 Å². The summed E-state index contributed by atoms with van der Waals surface area (Å²) in [6.45, 7) is 5.10. The summed E-state index contributed by atoms with van der Waals surface area (Å²) in [5, 5.41) is 7.18. The molecular formula is C13H22N4O. The minimum absolute atomic E-state index is 0.356. The number of nitrogens with zero attached hydrogens (tertiary/aromatic N) is 3. The lowest BCUT2D eigenvalue weighted by Crippen LogP contribution is -2.49. The van der Waals surface area contributed by atoms with Gasteiger partial charge in [-0.25, -0.2) is 0 Å². The van der Waals surface area contributed by atoms with E-state index in [9.17, 15) is 0 Å². The molecule has 0 spiro atoms. The Balaban J connectivity index is 1.72. The molecule has 2 aliphatic rings. The molecule has 1 N–H and O–H groups in total. The Bertz CT molecular complexity index is 359. The van der Waals surface area contributed by atoms with Gasteiger partial charge in [-0.2, -0.15) is 5.10 Å². The van der Waals surface area contributed by atoms with Crippen LogP contribution < -0.4 is 0 Å². The van der Waals surface area contributed by atoms with E-state index in [0.717, 1.165) is 19.8 Å². The Morgan fingerprint density at radius 3 is 2.89 bits per heavy atom. The lowest BCUT2D eigenvalue weighted by molar-refractivity contribution is -0.0429. The van der Waals surface area contributed by atoms with Crippen LogP contribution in [0.25, 0.3) is 0 Å². The molecule has 0 bridgehead atoms. The van der Waals surface area contributed by atoms with E-state index in [4.69, 9.17) is 4.74 Å². The standard InChI is InChI=1S/C13H22N4O/c1-16-6-3-11(4-7-16)17-8-9-18-10-13(17)12-2-5-14-15-12/h2,5,11,13H,3-4,6-10H2,1H3,(H,14,15). The Morgan fingerprint density at radius 2 is 2.17 bits per heavy atom. The van der Waals surface area contributed by atoms with Gasteiger partial charge in [-0.15, -0.1) is 0 Å². The number of hydrogen-bond donors (Lipinski definition) is 1. The topological polar surface area (TPSA) is 44.4 Å². The molecule has 3 heterocycles. The van der Waals surface area contributed by atoms with Gasteiger partial charge in [-0.1, -0.05) is 0 Å². The number of ether oxygens (including phenoxy) is 1.